The molecule has 0 unspecified atom stereocenters. The second kappa shape index (κ2) is 10.3. The van der Waals surface area contributed by atoms with Gasteiger partial charge in [-0.05, 0) is 80.2 Å². The summed E-state index contributed by atoms with van der Waals surface area (Å²) in [6.45, 7) is 6.24. The van der Waals surface area contributed by atoms with E-state index < -0.39 is 0 Å². The van der Waals surface area contributed by atoms with Crippen LogP contribution in [-0.2, 0) is 0 Å². The van der Waals surface area contributed by atoms with E-state index in [0.717, 1.165) is 0 Å². The molecule has 0 aliphatic heterocycles. The van der Waals surface area contributed by atoms with E-state index in [4.69, 9.17) is 0 Å². The van der Waals surface area contributed by atoms with Gasteiger partial charge in [-0.25, -0.2) is 0 Å². The summed E-state index contributed by atoms with van der Waals surface area (Å²) in [5.41, 5.74) is 6.36. The molecular formula is C43H28S2. The number of benzene rings is 7. The summed E-state index contributed by atoms with van der Waals surface area (Å²) in [5.74, 6) is 0. The zero-order valence-electron chi connectivity index (χ0n) is 24.8. The van der Waals surface area contributed by atoms with Crippen molar-refractivity contribution in [2.24, 2.45) is 0 Å². The molecule has 0 saturated carbocycles. The maximum Gasteiger partial charge on any atom is 0.0434 e. The highest BCUT2D eigenvalue weighted by atomic mass is 32.1. The van der Waals surface area contributed by atoms with Crippen molar-refractivity contribution < 1.29 is 0 Å². The summed E-state index contributed by atoms with van der Waals surface area (Å²) < 4.78 is 3.99. The molecule has 7 aromatic carbocycles. The molecule has 0 saturated heterocycles. The Morgan fingerprint density at radius 1 is 0.467 bits per heavy atom. The molecule has 212 valence electrons. The fraction of sp³-hybridized carbons (Fsp3) is 0.0233. The third-order valence-corrected chi connectivity index (χ3v) is 11.6. The third kappa shape index (κ3) is 3.90. The van der Waals surface area contributed by atoms with Gasteiger partial charge in [-0.15, -0.1) is 22.7 Å². The summed E-state index contributed by atoms with van der Waals surface area (Å²) in [5, 5.41) is 11.6. The Labute approximate surface area is 269 Å². The molecule has 0 aliphatic carbocycles. The van der Waals surface area contributed by atoms with Crippen LogP contribution in [0.1, 0.15) is 17.4 Å². The van der Waals surface area contributed by atoms with Crippen molar-refractivity contribution >= 4 is 97.4 Å². The van der Waals surface area contributed by atoms with Crippen molar-refractivity contribution in [1.82, 2.24) is 0 Å². The zero-order valence-corrected chi connectivity index (χ0v) is 26.4. The van der Waals surface area contributed by atoms with Crippen LogP contribution in [0, 0.1) is 0 Å². The Morgan fingerprint density at radius 2 is 0.978 bits per heavy atom. The van der Waals surface area contributed by atoms with E-state index in [9.17, 15) is 0 Å². The molecule has 0 nitrogen and oxygen atoms in total. The van der Waals surface area contributed by atoms with Crippen LogP contribution in [0.25, 0.3) is 97.0 Å². The lowest BCUT2D eigenvalue weighted by molar-refractivity contribution is 1.72. The summed E-state index contributed by atoms with van der Waals surface area (Å²) >= 11 is 3.76. The van der Waals surface area contributed by atoms with Crippen LogP contribution >= 0.6 is 22.7 Å². The van der Waals surface area contributed by atoms with Crippen molar-refractivity contribution in [2.45, 2.75) is 6.92 Å². The van der Waals surface area contributed by atoms with Crippen LogP contribution in [0.15, 0.2) is 134 Å². The maximum absolute atomic E-state index is 4.16. The van der Waals surface area contributed by atoms with Gasteiger partial charge in [0.2, 0.25) is 0 Å². The molecule has 2 aromatic heterocycles. The summed E-state index contributed by atoms with van der Waals surface area (Å²) in [7, 11) is 0. The van der Waals surface area contributed by atoms with Crippen LogP contribution in [-0.4, -0.2) is 0 Å². The van der Waals surface area contributed by atoms with Gasteiger partial charge >= 0.3 is 0 Å². The van der Waals surface area contributed by atoms with Crippen molar-refractivity contribution in [1.29, 1.82) is 0 Å². The van der Waals surface area contributed by atoms with E-state index in [0.29, 0.717) is 0 Å². The maximum atomic E-state index is 4.16. The summed E-state index contributed by atoms with van der Waals surface area (Å²) in [6.07, 6.45) is 6.32. The highest BCUT2D eigenvalue weighted by molar-refractivity contribution is 7.26. The number of hydrogen-bond acceptors (Lipinski definition) is 2. The van der Waals surface area contributed by atoms with Gasteiger partial charge in [-0.2, -0.15) is 0 Å². The van der Waals surface area contributed by atoms with E-state index in [-0.39, 0.29) is 0 Å². The van der Waals surface area contributed by atoms with Gasteiger partial charge in [0.1, 0.15) is 0 Å². The van der Waals surface area contributed by atoms with E-state index in [1.54, 1.807) is 0 Å². The normalized spacial score (nSPS) is 12.1. The standard InChI is InChI=1S/C43H28S2/c1-3-13-40-26(4-2)32-19-11-21-34(42(32)44-40)36-24-38-30-17-8-6-15-28(30)37(25-39(38)29-16-7-5-14-27(29)36)35-22-12-20-33-31-18-9-10-23-41(31)45-43(33)35/h3-25H,2H2,1H3/b13-3-. The fourth-order valence-electron chi connectivity index (χ4n) is 7.21. The lowest BCUT2D eigenvalue weighted by Gasteiger charge is -2.16. The average Bonchev–Trinajstić information content (AvgIpc) is 3.65. The molecule has 9 rings (SSSR count). The minimum absolute atomic E-state index is 1.21. The van der Waals surface area contributed by atoms with Gasteiger partial charge in [-0.3, -0.25) is 0 Å². The van der Waals surface area contributed by atoms with Crippen molar-refractivity contribution in [3.8, 4) is 22.3 Å². The summed E-state index contributed by atoms with van der Waals surface area (Å²) in [6, 6.07) is 45.1. The van der Waals surface area contributed by atoms with Gasteiger partial charge < -0.3 is 0 Å². The van der Waals surface area contributed by atoms with Crippen LogP contribution < -0.4 is 0 Å². The molecule has 0 N–H and O–H groups in total. The molecule has 2 heterocycles. The van der Waals surface area contributed by atoms with Crippen LogP contribution in [0.2, 0.25) is 0 Å². The first-order valence-electron chi connectivity index (χ1n) is 15.3. The Balaban J connectivity index is 1.40. The lowest BCUT2D eigenvalue weighted by atomic mass is 9.87. The van der Waals surface area contributed by atoms with Crippen molar-refractivity contribution in [3.63, 3.8) is 0 Å². The Morgan fingerprint density at radius 3 is 1.58 bits per heavy atom. The SMILES string of the molecule is C=Cc1c(/C=C\C)sc2c(-c3cc4c5ccccc5c(-c5cccc6c5sc5ccccc56)cc4c4ccccc34)cccc12. The molecule has 2 heteroatoms. The number of thiophene rings is 2. The fourth-order valence-corrected chi connectivity index (χ4v) is 9.74. The van der Waals surface area contributed by atoms with Crippen molar-refractivity contribution in [2.75, 3.05) is 0 Å². The van der Waals surface area contributed by atoms with E-state index in [1.165, 1.54) is 95.3 Å². The van der Waals surface area contributed by atoms with Crippen LogP contribution in [0.3, 0.4) is 0 Å². The Bertz CT molecular complexity index is 2680. The highest BCUT2D eigenvalue weighted by Gasteiger charge is 2.19. The first kappa shape index (κ1) is 26.4. The van der Waals surface area contributed by atoms with Gasteiger partial charge in [0, 0.05) is 46.3 Å². The molecule has 45 heavy (non-hydrogen) atoms. The first-order chi connectivity index (χ1) is 22.2. The van der Waals surface area contributed by atoms with E-state index in [2.05, 4.69) is 147 Å². The van der Waals surface area contributed by atoms with Gasteiger partial charge in [0.15, 0.2) is 0 Å². The highest BCUT2D eigenvalue weighted by Crippen LogP contribution is 2.47. The smallest absolute Gasteiger partial charge is 0.0434 e. The lowest BCUT2D eigenvalue weighted by Crippen LogP contribution is -1.89. The number of hydrogen-bond donors (Lipinski definition) is 0. The number of fused-ring (bicyclic) bond motifs is 9. The number of allylic oxidation sites excluding steroid dienone is 1. The topological polar surface area (TPSA) is 0 Å². The molecule has 0 amide bonds. The van der Waals surface area contributed by atoms with Gasteiger partial charge in [0.05, 0.1) is 0 Å². The minimum atomic E-state index is 1.21. The largest absolute Gasteiger partial charge is 0.135 e. The molecule has 0 radical (unpaired) electrons. The molecule has 0 spiro atoms. The predicted octanol–water partition coefficient (Wildman–Crippen LogP) is 13.7. The van der Waals surface area contributed by atoms with E-state index >= 15 is 0 Å². The number of rotatable bonds is 4. The van der Waals surface area contributed by atoms with Gasteiger partial charge in [-0.1, -0.05) is 122 Å². The van der Waals surface area contributed by atoms with E-state index in [1.807, 2.05) is 28.7 Å². The molecule has 9 aromatic rings. The minimum Gasteiger partial charge on any atom is -0.135 e. The molecule has 0 aliphatic rings. The monoisotopic (exact) mass is 608 g/mol. The second-order valence-electron chi connectivity index (χ2n) is 11.6. The van der Waals surface area contributed by atoms with Crippen LogP contribution in [0.4, 0.5) is 0 Å². The Kier molecular flexibility index (Phi) is 6.02. The third-order valence-electron chi connectivity index (χ3n) is 9.17. The Hall–Kier alpha value is -5.02. The van der Waals surface area contributed by atoms with Crippen molar-refractivity contribution in [3.05, 3.63) is 144 Å². The molecule has 0 bridgehead atoms. The first-order valence-corrected chi connectivity index (χ1v) is 17.0. The van der Waals surface area contributed by atoms with Gasteiger partial charge in [0.25, 0.3) is 0 Å². The molecular weight excluding hydrogens is 581 g/mol. The predicted molar refractivity (Wildman–Crippen MR) is 203 cm³/mol. The van der Waals surface area contributed by atoms with Crippen LogP contribution in [0.5, 0.6) is 0 Å². The zero-order chi connectivity index (χ0) is 30.1. The molecule has 0 fully saturated rings. The molecule has 0 atom stereocenters. The average molecular weight is 609 g/mol. The quantitative estimate of drug-likeness (QED) is 0.174. The second-order valence-corrected chi connectivity index (χ2v) is 13.7. The summed E-state index contributed by atoms with van der Waals surface area (Å²) in [4.78, 5) is 1.26.